The van der Waals surface area contributed by atoms with Crippen LogP contribution in [0.15, 0.2) is 34.2 Å². The lowest BCUT2D eigenvalue weighted by atomic mass is 9.95. The molecular formula is C22H29N3O2S. The van der Waals surface area contributed by atoms with E-state index in [-0.39, 0.29) is 22.8 Å². The Morgan fingerprint density at radius 2 is 1.79 bits per heavy atom. The van der Waals surface area contributed by atoms with Crippen LogP contribution < -0.4 is 10.9 Å². The maximum Gasteiger partial charge on any atom is 0.262 e. The molecule has 150 valence electrons. The van der Waals surface area contributed by atoms with Crippen LogP contribution in [0, 0.1) is 0 Å². The first kappa shape index (κ1) is 19.5. The van der Waals surface area contributed by atoms with E-state index in [4.69, 9.17) is 4.98 Å². The van der Waals surface area contributed by atoms with Crippen LogP contribution in [0.5, 0.6) is 0 Å². The quantitative estimate of drug-likeness (QED) is 0.596. The standard InChI is InChI=1S/C22H29N3O2S/c1-15(20(26)23-16-9-3-2-4-10-16)28-22-24-19-14-8-7-13-18(19)21(27)25(22)17-11-5-6-12-17/h7-8,13-17H,2-6,9-12H2,1H3,(H,23,26)/t15-/m1/s1. The zero-order chi connectivity index (χ0) is 19.5. The normalized spacial score (nSPS) is 19.8. The Labute approximate surface area is 170 Å². The second-order valence-electron chi connectivity index (χ2n) is 8.13. The SMILES string of the molecule is C[C@@H](Sc1nc2ccccc2c(=O)n1C1CCCC1)C(=O)NC1CCCCC1. The zero-order valence-corrected chi connectivity index (χ0v) is 17.3. The zero-order valence-electron chi connectivity index (χ0n) is 16.5. The number of amides is 1. The van der Waals surface area contributed by atoms with Gasteiger partial charge in [-0.05, 0) is 44.7 Å². The van der Waals surface area contributed by atoms with Crippen molar-refractivity contribution in [3.05, 3.63) is 34.6 Å². The van der Waals surface area contributed by atoms with E-state index in [9.17, 15) is 9.59 Å². The van der Waals surface area contributed by atoms with E-state index in [1.807, 2.05) is 35.8 Å². The molecule has 1 heterocycles. The molecule has 6 heteroatoms. The van der Waals surface area contributed by atoms with Crippen molar-refractivity contribution in [1.29, 1.82) is 0 Å². The highest BCUT2D eigenvalue weighted by Crippen LogP contribution is 2.33. The highest BCUT2D eigenvalue weighted by atomic mass is 32.2. The minimum atomic E-state index is -0.275. The van der Waals surface area contributed by atoms with E-state index in [1.54, 1.807) is 0 Å². The van der Waals surface area contributed by atoms with Gasteiger partial charge < -0.3 is 5.32 Å². The summed E-state index contributed by atoms with van der Waals surface area (Å²) in [6, 6.07) is 8.02. The third-order valence-corrected chi connectivity index (χ3v) is 7.13. The van der Waals surface area contributed by atoms with E-state index >= 15 is 0 Å². The maximum atomic E-state index is 13.2. The van der Waals surface area contributed by atoms with E-state index < -0.39 is 0 Å². The number of nitrogens with one attached hydrogen (secondary N) is 1. The van der Waals surface area contributed by atoms with Crippen LogP contribution in [-0.4, -0.2) is 26.8 Å². The molecule has 2 aromatic rings. The molecule has 1 aromatic carbocycles. The molecule has 2 saturated carbocycles. The van der Waals surface area contributed by atoms with Crippen LogP contribution in [0.3, 0.4) is 0 Å². The van der Waals surface area contributed by atoms with Crippen LogP contribution >= 0.6 is 11.8 Å². The summed E-state index contributed by atoms with van der Waals surface area (Å²) in [5, 5.41) is 4.28. The van der Waals surface area contributed by atoms with Crippen molar-refractivity contribution in [3.8, 4) is 0 Å². The molecule has 1 N–H and O–H groups in total. The summed E-state index contributed by atoms with van der Waals surface area (Å²) >= 11 is 1.42. The molecule has 2 fully saturated rings. The number of thioether (sulfide) groups is 1. The summed E-state index contributed by atoms with van der Waals surface area (Å²) in [5.41, 5.74) is 0.740. The summed E-state index contributed by atoms with van der Waals surface area (Å²) in [6.07, 6.45) is 10.1. The number of hydrogen-bond donors (Lipinski definition) is 1. The largest absolute Gasteiger partial charge is 0.352 e. The molecule has 2 aliphatic carbocycles. The molecule has 0 saturated heterocycles. The van der Waals surface area contributed by atoms with Gasteiger partial charge in [-0.2, -0.15) is 0 Å². The smallest absolute Gasteiger partial charge is 0.262 e. The number of aromatic nitrogens is 2. The number of carbonyl (C=O) groups excluding carboxylic acids is 1. The van der Waals surface area contributed by atoms with Gasteiger partial charge in [0.1, 0.15) is 0 Å². The van der Waals surface area contributed by atoms with Gasteiger partial charge in [0, 0.05) is 12.1 Å². The number of hydrogen-bond acceptors (Lipinski definition) is 4. The second-order valence-corrected chi connectivity index (χ2v) is 9.44. The molecule has 0 radical (unpaired) electrons. The first-order chi connectivity index (χ1) is 13.6. The third kappa shape index (κ3) is 4.12. The minimum Gasteiger partial charge on any atom is -0.352 e. The Bertz CT molecular complexity index is 898. The van der Waals surface area contributed by atoms with Crippen molar-refractivity contribution >= 4 is 28.6 Å². The van der Waals surface area contributed by atoms with Crippen LogP contribution in [0.1, 0.15) is 70.8 Å². The van der Waals surface area contributed by atoms with Gasteiger partial charge in [-0.3, -0.25) is 14.2 Å². The Hall–Kier alpha value is -1.82. The van der Waals surface area contributed by atoms with Gasteiger partial charge in [0.15, 0.2) is 5.16 Å². The van der Waals surface area contributed by atoms with Crippen LogP contribution in [0.2, 0.25) is 0 Å². The molecule has 5 nitrogen and oxygen atoms in total. The fourth-order valence-electron chi connectivity index (χ4n) is 4.47. The highest BCUT2D eigenvalue weighted by Gasteiger charge is 2.26. The van der Waals surface area contributed by atoms with E-state index in [2.05, 4.69) is 5.32 Å². The van der Waals surface area contributed by atoms with Gasteiger partial charge in [0.25, 0.3) is 5.56 Å². The van der Waals surface area contributed by atoms with Gasteiger partial charge in [-0.25, -0.2) is 4.98 Å². The number of fused-ring (bicyclic) bond motifs is 1. The highest BCUT2D eigenvalue weighted by molar-refractivity contribution is 8.00. The lowest BCUT2D eigenvalue weighted by Crippen LogP contribution is -2.40. The second kappa shape index (κ2) is 8.68. The van der Waals surface area contributed by atoms with Crippen LogP contribution in [0.25, 0.3) is 10.9 Å². The molecule has 0 spiro atoms. The van der Waals surface area contributed by atoms with Crippen molar-refractivity contribution in [2.75, 3.05) is 0 Å². The predicted molar refractivity (Wildman–Crippen MR) is 114 cm³/mol. The summed E-state index contributed by atoms with van der Waals surface area (Å²) in [7, 11) is 0. The minimum absolute atomic E-state index is 0.0277. The topological polar surface area (TPSA) is 64.0 Å². The number of benzene rings is 1. The third-order valence-electron chi connectivity index (χ3n) is 6.07. The molecular weight excluding hydrogens is 370 g/mol. The van der Waals surface area contributed by atoms with Gasteiger partial charge in [0.2, 0.25) is 5.91 Å². The Morgan fingerprint density at radius 1 is 1.11 bits per heavy atom. The molecule has 0 unspecified atom stereocenters. The van der Waals surface area contributed by atoms with Crippen molar-refractivity contribution in [1.82, 2.24) is 14.9 Å². The molecule has 0 aliphatic heterocycles. The molecule has 0 bridgehead atoms. The van der Waals surface area contributed by atoms with Crippen molar-refractivity contribution in [3.63, 3.8) is 0 Å². The lowest BCUT2D eigenvalue weighted by molar-refractivity contribution is -0.121. The Balaban J connectivity index is 1.60. The predicted octanol–water partition coefficient (Wildman–Crippen LogP) is 4.44. The number of rotatable bonds is 5. The molecule has 28 heavy (non-hydrogen) atoms. The average molecular weight is 400 g/mol. The summed E-state index contributed by atoms with van der Waals surface area (Å²) in [4.78, 5) is 30.8. The maximum absolute atomic E-state index is 13.2. The summed E-state index contributed by atoms with van der Waals surface area (Å²) in [6.45, 7) is 1.92. The molecule has 1 atom stereocenters. The lowest BCUT2D eigenvalue weighted by Gasteiger charge is -2.25. The summed E-state index contributed by atoms with van der Waals surface area (Å²) in [5.74, 6) is 0.0530. The average Bonchev–Trinajstić information content (AvgIpc) is 3.23. The monoisotopic (exact) mass is 399 g/mol. The first-order valence-electron chi connectivity index (χ1n) is 10.6. The van der Waals surface area contributed by atoms with Crippen molar-refractivity contribution in [2.24, 2.45) is 0 Å². The molecule has 2 aliphatic rings. The van der Waals surface area contributed by atoms with Crippen LogP contribution in [-0.2, 0) is 4.79 Å². The van der Waals surface area contributed by atoms with E-state index in [1.165, 1.54) is 31.0 Å². The number of nitrogens with zero attached hydrogens (tertiary/aromatic N) is 2. The fourth-order valence-corrected chi connectivity index (χ4v) is 5.46. The van der Waals surface area contributed by atoms with Gasteiger partial charge in [0.05, 0.1) is 16.2 Å². The molecule has 4 rings (SSSR count). The van der Waals surface area contributed by atoms with E-state index in [0.29, 0.717) is 22.1 Å². The van der Waals surface area contributed by atoms with Gasteiger partial charge in [-0.15, -0.1) is 0 Å². The van der Waals surface area contributed by atoms with Crippen LogP contribution in [0.4, 0.5) is 0 Å². The van der Waals surface area contributed by atoms with E-state index in [0.717, 1.165) is 38.5 Å². The van der Waals surface area contributed by atoms with Gasteiger partial charge >= 0.3 is 0 Å². The van der Waals surface area contributed by atoms with Gasteiger partial charge in [-0.1, -0.05) is 56.0 Å². The van der Waals surface area contributed by atoms with Crippen molar-refractivity contribution in [2.45, 2.75) is 87.2 Å². The number of carbonyl (C=O) groups is 1. The Morgan fingerprint density at radius 3 is 2.54 bits per heavy atom. The Kier molecular flexibility index (Phi) is 6.04. The number of para-hydroxylation sites is 1. The fraction of sp³-hybridized carbons (Fsp3) is 0.591. The first-order valence-corrected chi connectivity index (χ1v) is 11.5. The molecule has 1 aromatic heterocycles. The van der Waals surface area contributed by atoms with Crippen molar-refractivity contribution < 1.29 is 4.79 Å². The molecule has 1 amide bonds. The summed E-state index contributed by atoms with van der Waals surface area (Å²) < 4.78 is 1.87.